The van der Waals surface area contributed by atoms with Crippen LogP contribution in [0.5, 0.6) is 0 Å². The molecule has 114 valence electrons. The van der Waals surface area contributed by atoms with Gasteiger partial charge >= 0.3 is 5.97 Å². The summed E-state index contributed by atoms with van der Waals surface area (Å²) in [6.45, 7) is 3.07. The fourth-order valence-electron chi connectivity index (χ4n) is 2.59. The van der Waals surface area contributed by atoms with Crippen LogP contribution in [-0.2, 0) is 4.79 Å². The summed E-state index contributed by atoms with van der Waals surface area (Å²) in [5.74, 6) is -1.08. The van der Waals surface area contributed by atoms with Gasteiger partial charge in [-0.1, -0.05) is 23.2 Å². The largest absolute Gasteiger partial charge is 0.481 e. The number of piperidine rings is 1. The van der Waals surface area contributed by atoms with Crippen LogP contribution >= 0.6 is 23.2 Å². The van der Waals surface area contributed by atoms with Gasteiger partial charge < -0.3 is 5.11 Å². The number of ketones is 1. The molecule has 1 N–H and O–H groups in total. The van der Waals surface area contributed by atoms with Gasteiger partial charge in [-0.2, -0.15) is 0 Å². The Kier molecular flexibility index (Phi) is 5.25. The van der Waals surface area contributed by atoms with Gasteiger partial charge in [-0.05, 0) is 51.1 Å². The summed E-state index contributed by atoms with van der Waals surface area (Å²) in [7, 11) is 0. The second-order valence-electron chi connectivity index (χ2n) is 5.32. The molecule has 1 aliphatic heterocycles. The van der Waals surface area contributed by atoms with Crippen LogP contribution in [0.3, 0.4) is 0 Å². The van der Waals surface area contributed by atoms with Crippen molar-refractivity contribution < 1.29 is 14.7 Å². The molecule has 4 nitrogen and oxygen atoms in total. The Balaban J connectivity index is 2.03. The number of likely N-dealkylation sites (tertiary alicyclic amines) is 1. The van der Waals surface area contributed by atoms with E-state index in [1.807, 2.05) is 11.8 Å². The van der Waals surface area contributed by atoms with Crippen molar-refractivity contribution in [2.24, 2.45) is 5.92 Å². The predicted molar refractivity (Wildman–Crippen MR) is 82.2 cm³/mol. The predicted octanol–water partition coefficient (Wildman–Crippen LogP) is 3.36. The Morgan fingerprint density at radius 1 is 1.24 bits per heavy atom. The highest BCUT2D eigenvalue weighted by Crippen LogP contribution is 2.25. The average Bonchev–Trinajstić information content (AvgIpc) is 2.48. The zero-order valence-electron chi connectivity index (χ0n) is 11.7. The summed E-state index contributed by atoms with van der Waals surface area (Å²) in [5, 5.41) is 9.77. The molecule has 0 bridgehead atoms. The summed E-state index contributed by atoms with van der Waals surface area (Å²) < 4.78 is 0. The van der Waals surface area contributed by atoms with Gasteiger partial charge in [0.05, 0.1) is 22.0 Å². The molecule has 0 aliphatic carbocycles. The van der Waals surface area contributed by atoms with Crippen molar-refractivity contribution in [3.05, 3.63) is 33.8 Å². The van der Waals surface area contributed by atoms with Crippen molar-refractivity contribution in [3.63, 3.8) is 0 Å². The molecule has 2 rings (SSSR count). The highest BCUT2D eigenvalue weighted by molar-refractivity contribution is 6.42. The van der Waals surface area contributed by atoms with Gasteiger partial charge in [0.2, 0.25) is 0 Å². The van der Waals surface area contributed by atoms with E-state index >= 15 is 0 Å². The van der Waals surface area contributed by atoms with E-state index in [4.69, 9.17) is 28.3 Å². The highest BCUT2D eigenvalue weighted by Gasteiger charge is 2.30. The monoisotopic (exact) mass is 329 g/mol. The number of carboxylic acid groups (broad SMARTS) is 1. The second kappa shape index (κ2) is 6.77. The zero-order valence-corrected chi connectivity index (χ0v) is 13.2. The molecule has 0 amide bonds. The van der Waals surface area contributed by atoms with Crippen LogP contribution in [0, 0.1) is 5.92 Å². The first-order chi connectivity index (χ1) is 9.90. The summed E-state index contributed by atoms with van der Waals surface area (Å²) >= 11 is 11.8. The molecule has 6 heteroatoms. The Labute approximate surface area is 133 Å². The average molecular weight is 330 g/mol. The Hall–Kier alpha value is -1.10. The number of rotatable bonds is 4. The summed E-state index contributed by atoms with van der Waals surface area (Å²) in [5.41, 5.74) is 0.525. The number of halogens is 2. The minimum atomic E-state index is -0.752. The lowest BCUT2D eigenvalue weighted by Gasteiger charge is -2.33. The lowest BCUT2D eigenvalue weighted by atomic mass is 9.94. The lowest BCUT2D eigenvalue weighted by molar-refractivity contribution is -0.143. The molecule has 1 fully saturated rings. The lowest BCUT2D eigenvalue weighted by Crippen LogP contribution is -2.45. The third-order valence-electron chi connectivity index (χ3n) is 4.01. The number of carboxylic acids is 1. The van der Waals surface area contributed by atoms with Crippen LogP contribution in [0.15, 0.2) is 18.2 Å². The van der Waals surface area contributed by atoms with Gasteiger partial charge in [-0.25, -0.2) is 0 Å². The minimum absolute atomic E-state index is 0.0256. The zero-order chi connectivity index (χ0) is 15.6. The molecule has 0 saturated carbocycles. The van der Waals surface area contributed by atoms with Crippen LogP contribution in [0.25, 0.3) is 0 Å². The quantitative estimate of drug-likeness (QED) is 0.860. The number of carbonyl (C=O) groups is 2. The number of hydrogen-bond acceptors (Lipinski definition) is 3. The maximum Gasteiger partial charge on any atom is 0.306 e. The normalized spacial score (nSPS) is 18.4. The van der Waals surface area contributed by atoms with Crippen LogP contribution in [0.4, 0.5) is 0 Å². The molecule has 21 heavy (non-hydrogen) atoms. The molecule has 1 saturated heterocycles. The van der Waals surface area contributed by atoms with Crippen LogP contribution < -0.4 is 0 Å². The first-order valence-electron chi connectivity index (χ1n) is 6.86. The molecule has 0 aromatic heterocycles. The molecule has 1 heterocycles. The third kappa shape index (κ3) is 3.76. The van der Waals surface area contributed by atoms with Gasteiger partial charge in [-0.15, -0.1) is 0 Å². The fraction of sp³-hybridized carbons (Fsp3) is 0.467. The van der Waals surface area contributed by atoms with E-state index in [1.54, 1.807) is 18.2 Å². The Morgan fingerprint density at radius 3 is 2.38 bits per heavy atom. The molecule has 1 aromatic rings. The van der Waals surface area contributed by atoms with Crippen molar-refractivity contribution in [1.82, 2.24) is 4.90 Å². The summed E-state index contributed by atoms with van der Waals surface area (Å²) in [6, 6.07) is 4.56. The topological polar surface area (TPSA) is 57.6 Å². The molecule has 1 aliphatic rings. The van der Waals surface area contributed by atoms with Crippen LogP contribution in [0.2, 0.25) is 10.0 Å². The summed E-state index contributed by atoms with van der Waals surface area (Å²) in [4.78, 5) is 25.4. The van der Waals surface area contributed by atoms with Crippen LogP contribution in [-0.4, -0.2) is 40.9 Å². The number of benzene rings is 1. The van der Waals surface area contributed by atoms with E-state index in [0.29, 0.717) is 41.5 Å². The standard InChI is InChI=1S/C15H17Cl2NO3/c1-9(18-6-4-10(5-7-18)15(20)21)14(19)11-2-3-12(16)13(17)8-11/h2-3,8-10H,4-7H2,1H3,(H,20,21). The molecular formula is C15H17Cl2NO3. The van der Waals surface area contributed by atoms with E-state index in [-0.39, 0.29) is 17.7 Å². The molecule has 1 unspecified atom stereocenters. The number of nitrogens with zero attached hydrogens (tertiary/aromatic N) is 1. The number of aliphatic carboxylic acids is 1. The van der Waals surface area contributed by atoms with Crippen molar-refractivity contribution in [3.8, 4) is 0 Å². The van der Waals surface area contributed by atoms with E-state index in [1.165, 1.54) is 0 Å². The van der Waals surface area contributed by atoms with Crippen molar-refractivity contribution in [2.45, 2.75) is 25.8 Å². The first-order valence-corrected chi connectivity index (χ1v) is 7.62. The third-order valence-corrected chi connectivity index (χ3v) is 4.75. The molecule has 0 spiro atoms. The minimum Gasteiger partial charge on any atom is -0.481 e. The fourth-order valence-corrected chi connectivity index (χ4v) is 2.89. The summed E-state index contributed by atoms with van der Waals surface area (Å²) in [6.07, 6.45) is 1.16. The molecule has 1 atom stereocenters. The maximum absolute atomic E-state index is 12.5. The molecular weight excluding hydrogens is 313 g/mol. The molecule has 0 radical (unpaired) electrons. The van der Waals surface area contributed by atoms with Crippen molar-refractivity contribution in [1.29, 1.82) is 0 Å². The smallest absolute Gasteiger partial charge is 0.306 e. The van der Waals surface area contributed by atoms with Crippen molar-refractivity contribution in [2.75, 3.05) is 13.1 Å². The SMILES string of the molecule is CC(C(=O)c1ccc(Cl)c(Cl)c1)N1CCC(C(=O)O)CC1. The van der Waals surface area contributed by atoms with Gasteiger partial charge in [0.25, 0.3) is 0 Å². The number of Topliss-reactive ketones (excluding diaryl/α,β-unsaturated/α-hetero) is 1. The number of hydrogen-bond donors (Lipinski definition) is 1. The second-order valence-corrected chi connectivity index (χ2v) is 6.13. The van der Waals surface area contributed by atoms with Gasteiger partial charge in [-0.3, -0.25) is 14.5 Å². The van der Waals surface area contributed by atoms with Gasteiger partial charge in [0.15, 0.2) is 5.78 Å². The van der Waals surface area contributed by atoms with E-state index in [9.17, 15) is 9.59 Å². The Morgan fingerprint density at radius 2 is 1.86 bits per heavy atom. The van der Waals surface area contributed by atoms with Gasteiger partial charge in [0.1, 0.15) is 0 Å². The Bertz CT molecular complexity index is 554. The first kappa shape index (κ1) is 16.3. The number of carbonyl (C=O) groups excluding carboxylic acids is 1. The highest BCUT2D eigenvalue weighted by atomic mass is 35.5. The van der Waals surface area contributed by atoms with Crippen LogP contribution in [0.1, 0.15) is 30.1 Å². The maximum atomic E-state index is 12.5. The molecule has 1 aromatic carbocycles. The van der Waals surface area contributed by atoms with Crippen molar-refractivity contribution >= 4 is 35.0 Å². The van der Waals surface area contributed by atoms with E-state index in [2.05, 4.69) is 0 Å². The van der Waals surface area contributed by atoms with E-state index in [0.717, 1.165) is 0 Å². The van der Waals surface area contributed by atoms with E-state index < -0.39 is 5.97 Å². The van der Waals surface area contributed by atoms with Gasteiger partial charge in [0, 0.05) is 5.56 Å².